The third-order valence-corrected chi connectivity index (χ3v) is 10.1. The van der Waals surface area contributed by atoms with E-state index in [1.807, 2.05) is 108 Å². The van der Waals surface area contributed by atoms with Crippen molar-refractivity contribution in [3.05, 3.63) is 148 Å². The number of nitrogens with two attached hydrogens (primary N) is 1. The minimum atomic E-state index is -0.564. The molecule has 290 valence electrons. The predicted molar refractivity (Wildman–Crippen MR) is 225 cm³/mol. The van der Waals surface area contributed by atoms with Crippen LogP contribution < -0.4 is 5.73 Å². The van der Waals surface area contributed by atoms with Gasteiger partial charge in [-0.2, -0.15) is 10.1 Å². The molecule has 2 heterocycles. The second-order valence-corrected chi connectivity index (χ2v) is 16.2. The predicted octanol–water partition coefficient (Wildman–Crippen LogP) is 10.2. The molecule has 0 saturated heterocycles. The van der Waals surface area contributed by atoms with Crippen molar-refractivity contribution in [2.45, 2.75) is 90.4 Å². The molecule has 6 rings (SSSR count). The second-order valence-electron chi connectivity index (χ2n) is 16.2. The number of hydrogen-bond donors (Lipinski definition) is 5. The summed E-state index contributed by atoms with van der Waals surface area (Å²) in [6, 6.07) is 30.5. The number of nitrogen functional groups attached to an aromatic ring is 1. The summed E-state index contributed by atoms with van der Waals surface area (Å²) in [7, 11) is 0. The summed E-state index contributed by atoms with van der Waals surface area (Å²) in [5.41, 5.74) is 12.3. The van der Waals surface area contributed by atoms with Crippen LogP contribution in [0.15, 0.2) is 120 Å². The molecule has 8 heteroatoms. The van der Waals surface area contributed by atoms with Crippen LogP contribution in [-0.2, 0) is 11.2 Å². The Morgan fingerprint density at radius 2 is 0.891 bits per heavy atom. The summed E-state index contributed by atoms with van der Waals surface area (Å²) in [5, 5.41) is 41.3. The molecule has 0 atom stereocenters. The zero-order valence-electron chi connectivity index (χ0n) is 33.4. The SMILES string of the molecule is CC1(C)C=C(C=O)C(C)(C)N1O.CC1(C)C=C(CCc2ccc(/C=C/c3ccc(O)cc3)cc2)C(C)(C)N1O.Nc1ccc(/C=C/c2ccc(O)cc2)cc1. The molecule has 0 aromatic heterocycles. The Hall–Kier alpha value is -5.25. The lowest BCUT2D eigenvalue weighted by molar-refractivity contribution is -0.185. The van der Waals surface area contributed by atoms with Crippen molar-refractivity contribution in [1.82, 2.24) is 10.1 Å². The average Bonchev–Trinajstić information content (AvgIpc) is 3.42. The molecule has 4 aromatic rings. The number of carbonyl (C=O) groups is 1. The maximum Gasteiger partial charge on any atom is 0.147 e. The maximum absolute atomic E-state index is 10.7. The normalized spacial score (nSPS) is 18.2. The van der Waals surface area contributed by atoms with Gasteiger partial charge in [0.05, 0.1) is 22.2 Å². The molecule has 0 amide bonds. The zero-order valence-corrected chi connectivity index (χ0v) is 33.4. The van der Waals surface area contributed by atoms with Gasteiger partial charge >= 0.3 is 0 Å². The average molecular weight is 744 g/mol. The molecule has 0 spiro atoms. The molecule has 8 nitrogen and oxygen atoms in total. The van der Waals surface area contributed by atoms with Crippen molar-refractivity contribution in [3.63, 3.8) is 0 Å². The third kappa shape index (κ3) is 11.2. The number of aldehydes is 1. The van der Waals surface area contributed by atoms with E-state index in [0.717, 1.165) is 47.1 Å². The van der Waals surface area contributed by atoms with Crippen LogP contribution in [0, 0.1) is 0 Å². The van der Waals surface area contributed by atoms with E-state index in [1.54, 1.807) is 30.3 Å². The molecule has 0 bridgehead atoms. The Labute approximate surface area is 326 Å². The number of hydroxylamine groups is 4. The van der Waals surface area contributed by atoms with E-state index in [0.29, 0.717) is 5.57 Å². The van der Waals surface area contributed by atoms with Crippen molar-refractivity contribution >= 4 is 36.3 Å². The first-order chi connectivity index (χ1) is 25.7. The number of aromatic hydroxyl groups is 2. The quantitative estimate of drug-likeness (QED) is 0.0522. The Morgan fingerprint density at radius 1 is 0.527 bits per heavy atom. The highest BCUT2D eigenvalue weighted by Crippen LogP contribution is 2.40. The number of carbonyl (C=O) groups excluding carboxylic acids is 1. The molecule has 0 saturated carbocycles. The molecule has 2 aliphatic rings. The van der Waals surface area contributed by atoms with Gasteiger partial charge in [-0.05, 0) is 132 Å². The van der Waals surface area contributed by atoms with Crippen molar-refractivity contribution in [3.8, 4) is 11.5 Å². The van der Waals surface area contributed by atoms with E-state index in [-0.39, 0.29) is 22.6 Å². The van der Waals surface area contributed by atoms with Gasteiger partial charge in [-0.1, -0.05) is 103 Å². The summed E-state index contributed by atoms with van der Waals surface area (Å²) in [6.45, 7) is 15.6. The van der Waals surface area contributed by atoms with Gasteiger partial charge in [0.25, 0.3) is 0 Å². The lowest BCUT2D eigenvalue weighted by Crippen LogP contribution is -2.47. The van der Waals surface area contributed by atoms with E-state index in [2.05, 4.69) is 50.3 Å². The minimum absolute atomic E-state index is 0.282. The van der Waals surface area contributed by atoms with Gasteiger partial charge in [-0.25, -0.2) is 0 Å². The fourth-order valence-corrected chi connectivity index (χ4v) is 6.78. The van der Waals surface area contributed by atoms with Crippen molar-refractivity contribution in [2.24, 2.45) is 0 Å². The van der Waals surface area contributed by atoms with E-state index < -0.39 is 11.1 Å². The zero-order chi connectivity index (χ0) is 40.6. The molecule has 0 fully saturated rings. The summed E-state index contributed by atoms with van der Waals surface area (Å²) >= 11 is 0. The van der Waals surface area contributed by atoms with E-state index >= 15 is 0 Å². The summed E-state index contributed by atoms with van der Waals surface area (Å²) < 4.78 is 0. The van der Waals surface area contributed by atoms with Gasteiger partial charge in [0.1, 0.15) is 17.8 Å². The minimum Gasteiger partial charge on any atom is -0.508 e. The first-order valence-corrected chi connectivity index (χ1v) is 18.5. The highest BCUT2D eigenvalue weighted by Gasteiger charge is 2.45. The summed E-state index contributed by atoms with van der Waals surface area (Å²) in [5.74, 6) is 0.564. The molecular weight excluding hydrogens is 687 g/mol. The number of rotatable bonds is 8. The van der Waals surface area contributed by atoms with Crippen LogP contribution in [0.2, 0.25) is 0 Å². The Morgan fingerprint density at radius 3 is 1.22 bits per heavy atom. The second kappa shape index (κ2) is 17.5. The number of hydrogen-bond acceptors (Lipinski definition) is 8. The number of aryl methyl sites for hydroxylation is 1. The summed E-state index contributed by atoms with van der Waals surface area (Å²) in [4.78, 5) is 10.7. The van der Waals surface area contributed by atoms with Crippen LogP contribution in [0.25, 0.3) is 24.3 Å². The molecule has 0 radical (unpaired) electrons. The molecule has 55 heavy (non-hydrogen) atoms. The Balaban J connectivity index is 0.000000203. The lowest BCUT2D eigenvalue weighted by Gasteiger charge is -2.36. The smallest absolute Gasteiger partial charge is 0.147 e. The monoisotopic (exact) mass is 743 g/mol. The van der Waals surface area contributed by atoms with Crippen LogP contribution in [0.4, 0.5) is 5.69 Å². The third-order valence-electron chi connectivity index (χ3n) is 10.1. The standard InChI is InChI=1S/C24H29NO2.C14H13NO.C9H15NO2/c1-23(2)17-21(24(3,4)25(23)27)14-11-19-8-5-18(6-9-19)7-10-20-12-15-22(26)16-13-20;15-13-7-3-11(4-8-13)1-2-12-5-9-14(16)10-6-12;1-8(2)5-7(6-11)9(3,4)10(8)12/h5-10,12-13,15-17,26-27H,11,14H2,1-4H3;1-10,16H,15H2;5-6,12H,1-4H3/b10-7+;2-1+;. The van der Waals surface area contributed by atoms with Gasteiger partial charge in [-0.15, -0.1) is 0 Å². The molecule has 2 aliphatic heterocycles. The molecular formula is C47H57N3O5. The highest BCUT2D eigenvalue weighted by atomic mass is 16.5. The molecule has 4 aromatic carbocycles. The molecule has 6 N–H and O–H groups in total. The number of anilines is 1. The van der Waals surface area contributed by atoms with Gasteiger partial charge in [0, 0.05) is 11.3 Å². The number of nitrogens with zero attached hydrogens (tertiary/aromatic N) is 2. The van der Waals surface area contributed by atoms with Crippen LogP contribution in [0.5, 0.6) is 11.5 Å². The van der Waals surface area contributed by atoms with Gasteiger partial charge in [-0.3, -0.25) is 4.79 Å². The van der Waals surface area contributed by atoms with Crippen LogP contribution in [-0.4, -0.2) is 59.2 Å². The van der Waals surface area contributed by atoms with Crippen molar-refractivity contribution in [2.75, 3.05) is 5.73 Å². The lowest BCUT2D eigenvalue weighted by atomic mass is 9.91. The Kier molecular flexibility index (Phi) is 13.5. The highest BCUT2D eigenvalue weighted by molar-refractivity contribution is 5.78. The summed E-state index contributed by atoms with van der Waals surface area (Å²) in [6.07, 6.45) is 14.8. The first-order valence-electron chi connectivity index (χ1n) is 18.5. The van der Waals surface area contributed by atoms with Gasteiger partial charge in [0.2, 0.25) is 0 Å². The van der Waals surface area contributed by atoms with Crippen molar-refractivity contribution < 1.29 is 25.4 Å². The van der Waals surface area contributed by atoms with Gasteiger partial charge in [0.15, 0.2) is 0 Å². The van der Waals surface area contributed by atoms with Crippen LogP contribution in [0.1, 0.15) is 89.6 Å². The number of phenolic OH excluding ortho intramolecular Hbond substituents is 2. The van der Waals surface area contributed by atoms with E-state index in [4.69, 9.17) is 10.8 Å². The van der Waals surface area contributed by atoms with Gasteiger partial charge < -0.3 is 26.4 Å². The topological polar surface area (TPSA) is 130 Å². The molecule has 0 aliphatic carbocycles. The largest absolute Gasteiger partial charge is 0.508 e. The number of phenols is 2. The van der Waals surface area contributed by atoms with E-state index in [1.165, 1.54) is 21.3 Å². The fourth-order valence-electron chi connectivity index (χ4n) is 6.78. The van der Waals surface area contributed by atoms with Crippen LogP contribution >= 0.6 is 0 Å². The first kappa shape index (κ1) is 42.5. The van der Waals surface area contributed by atoms with Crippen molar-refractivity contribution in [1.29, 1.82) is 0 Å². The number of benzene rings is 4. The molecule has 0 unspecified atom stereocenters. The maximum atomic E-state index is 10.7. The fraction of sp³-hybridized carbons (Fsp3) is 0.298. The Bertz CT molecular complexity index is 1960. The van der Waals surface area contributed by atoms with Crippen LogP contribution in [0.3, 0.4) is 0 Å². The van der Waals surface area contributed by atoms with E-state index in [9.17, 15) is 20.3 Å².